The Bertz CT molecular complexity index is 1050. The number of amides is 2. The smallest absolute Gasteiger partial charge is 0.280 e. The molecule has 0 bridgehead atoms. The fourth-order valence-electron chi connectivity index (χ4n) is 2.53. The van der Waals surface area contributed by atoms with Gasteiger partial charge >= 0.3 is 0 Å². The third kappa shape index (κ3) is 2.84. The van der Waals surface area contributed by atoms with E-state index in [4.69, 9.17) is 40.1 Å². The van der Waals surface area contributed by atoms with Crippen LogP contribution in [0.2, 0.25) is 15.1 Å². The van der Waals surface area contributed by atoms with Crippen LogP contribution in [0.15, 0.2) is 17.1 Å². The topological polar surface area (TPSA) is 104 Å². The van der Waals surface area contributed by atoms with Crippen LogP contribution in [0.1, 0.15) is 29.0 Å². The number of nitrogens with zero attached hydrogens (tertiary/aromatic N) is 6. The second-order valence-electron chi connectivity index (χ2n) is 5.41. The number of halogens is 3. The summed E-state index contributed by atoms with van der Waals surface area (Å²) in [7, 11) is 1.35. The molecule has 0 fully saturated rings. The molecule has 0 saturated carbocycles. The molecule has 1 atom stereocenters. The van der Waals surface area contributed by atoms with Crippen molar-refractivity contribution in [3.63, 3.8) is 0 Å². The lowest BCUT2D eigenvalue weighted by atomic mass is 9.99. The summed E-state index contributed by atoms with van der Waals surface area (Å²) < 4.78 is 1.08. The van der Waals surface area contributed by atoms with E-state index in [-0.39, 0.29) is 32.7 Å². The highest BCUT2D eigenvalue weighted by atomic mass is 35.5. The number of benzene rings is 1. The molecule has 1 unspecified atom stereocenters. The largest absolute Gasteiger partial charge is 0.282 e. The maximum absolute atomic E-state index is 12.5. The monoisotopic (exact) mass is 410 g/mol. The first-order valence-corrected chi connectivity index (χ1v) is 8.30. The van der Waals surface area contributed by atoms with Crippen molar-refractivity contribution in [2.45, 2.75) is 12.8 Å². The van der Waals surface area contributed by atoms with Gasteiger partial charge < -0.3 is 0 Å². The summed E-state index contributed by atoms with van der Waals surface area (Å²) in [4.78, 5) is 33.4. The molecule has 2 heterocycles. The molecule has 8 nitrogen and oxygen atoms in total. The lowest BCUT2D eigenvalue weighted by Gasteiger charge is -2.26. The molecule has 132 valence electrons. The average molecular weight is 412 g/mol. The highest BCUT2D eigenvalue weighted by molar-refractivity contribution is 6.40. The minimum absolute atomic E-state index is 0.0569. The molecule has 3 rings (SSSR count). The van der Waals surface area contributed by atoms with Gasteiger partial charge in [0.05, 0.1) is 21.7 Å². The molecule has 0 N–H and O–H groups in total. The SMILES string of the molecule is CC1C(=O)N(C)C(=O)c2nn(-c3c(Cl)cc(Cl)cc3Cl)c(=NC#N)nc21. The van der Waals surface area contributed by atoms with Gasteiger partial charge in [0.25, 0.3) is 11.5 Å². The zero-order valence-electron chi connectivity index (χ0n) is 13.4. The van der Waals surface area contributed by atoms with Crippen molar-refractivity contribution in [2.75, 3.05) is 7.05 Å². The molecule has 1 aliphatic rings. The van der Waals surface area contributed by atoms with Gasteiger partial charge in [-0.05, 0) is 19.1 Å². The summed E-state index contributed by atoms with van der Waals surface area (Å²) >= 11 is 18.3. The van der Waals surface area contributed by atoms with E-state index in [0.717, 1.165) is 9.58 Å². The van der Waals surface area contributed by atoms with Crippen LogP contribution < -0.4 is 5.62 Å². The minimum atomic E-state index is -0.723. The number of carbonyl (C=O) groups excluding carboxylic acids is 2. The number of hydrogen-bond acceptors (Lipinski definition) is 6. The zero-order valence-corrected chi connectivity index (χ0v) is 15.6. The van der Waals surface area contributed by atoms with Crippen LogP contribution >= 0.6 is 34.8 Å². The maximum Gasteiger partial charge on any atom is 0.282 e. The number of carbonyl (C=O) groups is 2. The number of fused-ring (bicyclic) bond motifs is 1. The number of likely N-dealkylation sites (N-methyl/N-ethyl adjacent to an activating group) is 1. The van der Waals surface area contributed by atoms with E-state index in [2.05, 4.69) is 15.1 Å². The molecule has 0 spiro atoms. The van der Waals surface area contributed by atoms with Gasteiger partial charge in [0, 0.05) is 12.1 Å². The standard InChI is InChI=1S/C15H9Cl3N6O2/c1-6-10-11(14(26)23(2)13(6)25)22-24(15(21-10)20-5-19)12-8(17)3-7(16)4-9(12)18/h3-4,6H,1-2H3. The van der Waals surface area contributed by atoms with E-state index >= 15 is 0 Å². The van der Waals surface area contributed by atoms with Crippen molar-refractivity contribution in [3.05, 3.63) is 44.2 Å². The molecule has 1 aromatic heterocycles. The van der Waals surface area contributed by atoms with E-state index in [1.54, 1.807) is 13.1 Å². The molecular formula is C15H9Cl3N6O2. The number of hydrogen-bond donors (Lipinski definition) is 0. The molecule has 2 amide bonds. The molecule has 11 heteroatoms. The van der Waals surface area contributed by atoms with Gasteiger partial charge in [-0.2, -0.15) is 15.0 Å². The molecule has 2 aromatic rings. The van der Waals surface area contributed by atoms with Gasteiger partial charge in [0.1, 0.15) is 5.69 Å². The number of rotatable bonds is 1. The summed E-state index contributed by atoms with van der Waals surface area (Å²) in [5.41, 5.74) is 0.0551. The van der Waals surface area contributed by atoms with E-state index in [0.29, 0.717) is 5.02 Å². The molecule has 0 radical (unpaired) electrons. The minimum Gasteiger partial charge on any atom is -0.280 e. The second kappa shape index (κ2) is 6.68. The molecule has 26 heavy (non-hydrogen) atoms. The van der Waals surface area contributed by atoms with Crippen molar-refractivity contribution >= 4 is 46.6 Å². The van der Waals surface area contributed by atoms with Crippen LogP contribution in [-0.4, -0.2) is 38.5 Å². The normalized spacial score (nSPS) is 17.3. The zero-order chi connectivity index (χ0) is 19.2. The second-order valence-corrected chi connectivity index (χ2v) is 6.66. The van der Waals surface area contributed by atoms with Gasteiger partial charge in [-0.15, -0.1) is 4.99 Å². The Morgan fingerprint density at radius 1 is 1.23 bits per heavy atom. The van der Waals surface area contributed by atoms with E-state index < -0.39 is 17.7 Å². The summed E-state index contributed by atoms with van der Waals surface area (Å²) in [6.07, 6.45) is 1.61. The van der Waals surface area contributed by atoms with Crippen LogP contribution in [-0.2, 0) is 4.79 Å². The van der Waals surface area contributed by atoms with E-state index in [1.807, 2.05) is 0 Å². The Morgan fingerprint density at radius 2 is 1.85 bits per heavy atom. The van der Waals surface area contributed by atoms with Crippen molar-refractivity contribution in [1.29, 1.82) is 5.26 Å². The Labute approximate surface area is 162 Å². The van der Waals surface area contributed by atoms with Crippen LogP contribution in [0.3, 0.4) is 0 Å². The van der Waals surface area contributed by atoms with Crippen LogP contribution in [0, 0.1) is 11.5 Å². The number of aromatic nitrogens is 3. The highest BCUT2D eigenvalue weighted by Gasteiger charge is 2.37. The first-order chi connectivity index (χ1) is 12.3. The predicted octanol–water partition coefficient (Wildman–Crippen LogP) is 2.32. The van der Waals surface area contributed by atoms with Gasteiger partial charge in [0.15, 0.2) is 5.69 Å². The molecule has 0 saturated heterocycles. The van der Waals surface area contributed by atoms with Gasteiger partial charge in [-0.25, -0.2) is 4.98 Å². The van der Waals surface area contributed by atoms with Crippen molar-refractivity contribution in [3.8, 4) is 11.9 Å². The van der Waals surface area contributed by atoms with Gasteiger partial charge in [-0.1, -0.05) is 34.8 Å². The summed E-state index contributed by atoms with van der Waals surface area (Å²) in [6.45, 7) is 1.58. The molecule has 1 aliphatic heterocycles. The Hall–Kier alpha value is -2.47. The maximum atomic E-state index is 12.5. The number of imide groups is 1. The Morgan fingerprint density at radius 3 is 2.42 bits per heavy atom. The van der Waals surface area contributed by atoms with Crippen molar-refractivity contribution in [2.24, 2.45) is 4.99 Å². The Balaban J connectivity index is 2.40. The highest BCUT2D eigenvalue weighted by Crippen LogP contribution is 2.32. The molecule has 1 aromatic carbocycles. The Kier molecular flexibility index (Phi) is 4.71. The lowest BCUT2D eigenvalue weighted by Crippen LogP contribution is -2.45. The quantitative estimate of drug-likeness (QED) is 0.529. The third-order valence-electron chi connectivity index (χ3n) is 3.81. The molecule has 0 aliphatic carbocycles. The summed E-state index contributed by atoms with van der Waals surface area (Å²) in [6, 6.07) is 2.85. The first-order valence-electron chi connectivity index (χ1n) is 7.17. The first kappa shape index (κ1) is 18.3. The van der Waals surface area contributed by atoms with Crippen LogP contribution in [0.5, 0.6) is 0 Å². The molecular weight excluding hydrogens is 403 g/mol. The number of nitriles is 1. The van der Waals surface area contributed by atoms with Gasteiger partial charge in [0.2, 0.25) is 12.1 Å². The lowest BCUT2D eigenvalue weighted by molar-refractivity contribution is -0.129. The van der Waals surface area contributed by atoms with E-state index in [9.17, 15) is 9.59 Å². The average Bonchev–Trinajstić information content (AvgIpc) is 2.58. The summed E-state index contributed by atoms with van der Waals surface area (Å²) in [5, 5.41) is 13.7. The third-order valence-corrected chi connectivity index (χ3v) is 4.61. The fourth-order valence-corrected chi connectivity index (χ4v) is 3.51. The van der Waals surface area contributed by atoms with Crippen LogP contribution in [0.25, 0.3) is 5.69 Å². The summed E-state index contributed by atoms with van der Waals surface area (Å²) in [5.74, 6) is -1.78. The predicted molar refractivity (Wildman–Crippen MR) is 93.1 cm³/mol. The van der Waals surface area contributed by atoms with E-state index in [1.165, 1.54) is 19.2 Å². The van der Waals surface area contributed by atoms with Gasteiger partial charge in [-0.3, -0.25) is 14.5 Å². The van der Waals surface area contributed by atoms with Crippen molar-refractivity contribution < 1.29 is 9.59 Å². The fraction of sp³-hybridized carbons (Fsp3) is 0.200. The van der Waals surface area contributed by atoms with Crippen molar-refractivity contribution in [1.82, 2.24) is 19.7 Å². The van der Waals surface area contributed by atoms with Crippen LogP contribution in [0.4, 0.5) is 0 Å².